The fraction of sp³-hybridized carbons (Fsp3) is 0.448. The van der Waals surface area contributed by atoms with E-state index >= 15 is 0 Å². The van der Waals surface area contributed by atoms with Gasteiger partial charge in [0.25, 0.3) is 5.56 Å². The Balaban J connectivity index is 1.59. The van der Waals surface area contributed by atoms with E-state index in [9.17, 15) is 24.9 Å². The van der Waals surface area contributed by atoms with Crippen molar-refractivity contribution >= 4 is 33.7 Å². The van der Waals surface area contributed by atoms with E-state index in [0.29, 0.717) is 16.6 Å². The van der Waals surface area contributed by atoms with Gasteiger partial charge in [0.05, 0.1) is 52.0 Å². The molecule has 1 spiro atoms. The van der Waals surface area contributed by atoms with E-state index in [1.807, 2.05) is 0 Å². The lowest BCUT2D eigenvalue weighted by atomic mass is 9.60. The molecule has 7 rings (SSSR count). The van der Waals surface area contributed by atoms with Crippen molar-refractivity contribution in [2.75, 3.05) is 33.5 Å². The molecule has 5 atom stereocenters. The van der Waals surface area contributed by atoms with Gasteiger partial charge in [0.15, 0.2) is 0 Å². The average molecular weight is 601 g/mol. The minimum absolute atomic E-state index is 0.00154. The summed E-state index contributed by atoms with van der Waals surface area (Å²) in [5.74, 6) is 5.43. The van der Waals surface area contributed by atoms with Crippen molar-refractivity contribution in [1.29, 1.82) is 0 Å². The summed E-state index contributed by atoms with van der Waals surface area (Å²) in [4.78, 5) is 27.4. The molecule has 3 aliphatic carbocycles. The summed E-state index contributed by atoms with van der Waals surface area (Å²) in [6, 6.07) is 1.69. The summed E-state index contributed by atoms with van der Waals surface area (Å²) in [5.41, 5.74) is -0.975. The molecule has 4 aliphatic rings. The number of aliphatic hydroxyl groups is 2. The molecule has 3 heterocycles. The molecule has 2 aromatic heterocycles. The van der Waals surface area contributed by atoms with Crippen LogP contribution in [0.5, 0.6) is 5.75 Å². The van der Waals surface area contributed by atoms with Crippen molar-refractivity contribution in [3.05, 3.63) is 71.1 Å². The predicted molar refractivity (Wildman–Crippen MR) is 150 cm³/mol. The van der Waals surface area contributed by atoms with Gasteiger partial charge in [0, 0.05) is 50.0 Å². The Labute approximate surface area is 243 Å². The molecular formula is C29H29ClN2O10. The van der Waals surface area contributed by atoms with E-state index in [1.165, 1.54) is 14.2 Å². The minimum atomic E-state index is -1.09. The van der Waals surface area contributed by atoms with Crippen molar-refractivity contribution in [1.82, 2.24) is 4.68 Å². The SMILES string of the molecule is CO[C@H]1C[C@@H](O)[C@H](OC)c2oc3c(c(=O)c21)C(O)=C1c2c(cc4c(Cl)c(C)n(N)c(=O)c4c2O)C[C@H]2OCOCC12C3. The van der Waals surface area contributed by atoms with Crippen LogP contribution in [0.15, 0.2) is 20.1 Å². The Morgan fingerprint density at radius 1 is 1.19 bits per heavy atom. The zero-order chi connectivity index (χ0) is 29.8. The van der Waals surface area contributed by atoms with Gasteiger partial charge in [0.1, 0.15) is 41.5 Å². The molecule has 0 radical (unpaired) electrons. The van der Waals surface area contributed by atoms with E-state index < -0.39 is 52.3 Å². The van der Waals surface area contributed by atoms with Crippen molar-refractivity contribution in [2.45, 2.75) is 50.6 Å². The van der Waals surface area contributed by atoms with E-state index in [4.69, 9.17) is 40.8 Å². The molecule has 42 heavy (non-hydrogen) atoms. The first-order valence-corrected chi connectivity index (χ1v) is 13.8. The lowest BCUT2D eigenvalue weighted by Gasteiger charge is -2.50. The van der Waals surface area contributed by atoms with Crippen LogP contribution in [0.2, 0.25) is 5.02 Å². The van der Waals surface area contributed by atoms with Crippen LogP contribution in [0.1, 0.15) is 58.1 Å². The van der Waals surface area contributed by atoms with Crippen molar-refractivity contribution in [3.63, 3.8) is 0 Å². The second kappa shape index (κ2) is 9.30. The molecule has 1 fully saturated rings. The van der Waals surface area contributed by atoms with Gasteiger partial charge in [-0.2, -0.15) is 0 Å². The van der Waals surface area contributed by atoms with Crippen molar-refractivity contribution in [3.8, 4) is 5.75 Å². The number of aromatic nitrogens is 1. The fourth-order valence-corrected chi connectivity index (χ4v) is 7.53. The van der Waals surface area contributed by atoms with E-state index in [0.717, 1.165) is 4.68 Å². The number of pyridine rings is 1. The third kappa shape index (κ3) is 3.36. The van der Waals surface area contributed by atoms with Gasteiger partial charge in [-0.25, -0.2) is 4.68 Å². The Hall–Kier alpha value is -3.39. The molecule has 222 valence electrons. The van der Waals surface area contributed by atoms with Crippen LogP contribution in [-0.2, 0) is 31.8 Å². The van der Waals surface area contributed by atoms with Gasteiger partial charge in [0.2, 0.25) is 5.43 Å². The minimum Gasteiger partial charge on any atom is -0.507 e. The summed E-state index contributed by atoms with van der Waals surface area (Å²) < 4.78 is 30.0. The summed E-state index contributed by atoms with van der Waals surface area (Å²) in [6.07, 6.45) is -2.84. The Bertz CT molecular complexity index is 1850. The number of fused-ring (bicyclic) bond motifs is 5. The topological polar surface area (TPSA) is 176 Å². The monoisotopic (exact) mass is 600 g/mol. The molecule has 12 nitrogen and oxygen atoms in total. The summed E-state index contributed by atoms with van der Waals surface area (Å²) in [7, 11) is 2.82. The zero-order valence-electron chi connectivity index (χ0n) is 23.0. The molecular weight excluding hydrogens is 572 g/mol. The lowest BCUT2D eigenvalue weighted by Crippen LogP contribution is -2.53. The number of benzene rings is 1. The average Bonchev–Trinajstić information content (AvgIpc) is 2.96. The first-order chi connectivity index (χ1) is 20.0. The number of hydrogen-bond acceptors (Lipinski definition) is 11. The molecule has 0 bridgehead atoms. The highest BCUT2D eigenvalue weighted by atomic mass is 35.5. The molecule has 0 amide bonds. The number of nitrogen functional groups attached to an aromatic ring is 1. The van der Waals surface area contributed by atoms with Crippen LogP contribution in [0, 0.1) is 12.3 Å². The molecule has 13 heteroatoms. The Morgan fingerprint density at radius 2 is 1.95 bits per heavy atom. The standard InChI is InChI=1S/C29H29ClN2O10/c1-10-22(30)12-4-11-5-16-29(8-40-9-41-16)7-15-19(25(36)21(29)17(11)23(34)18(12)28(37)32(10)31)24(35)20-14(38-2)6-13(33)26(39-3)27(20)42-15/h4,13-14,16,26,33-34,36H,5-9,31H2,1-3H3/t13-,14+,16-,26+,29?/m1/s1. The highest BCUT2D eigenvalue weighted by molar-refractivity contribution is 6.36. The number of rotatable bonds is 2. The quantitative estimate of drug-likeness (QED) is 0.318. The molecule has 1 unspecified atom stereocenters. The third-order valence-corrected chi connectivity index (χ3v) is 9.81. The van der Waals surface area contributed by atoms with Gasteiger partial charge < -0.3 is 44.5 Å². The fourth-order valence-electron chi connectivity index (χ4n) is 7.29. The predicted octanol–water partition coefficient (Wildman–Crippen LogP) is 2.37. The second-order valence-corrected chi connectivity index (χ2v) is 11.7. The maximum atomic E-state index is 14.1. The van der Waals surface area contributed by atoms with Crippen LogP contribution in [-0.4, -0.2) is 59.8 Å². The molecule has 1 aliphatic heterocycles. The van der Waals surface area contributed by atoms with E-state index in [1.54, 1.807) is 13.0 Å². The number of nitrogens with two attached hydrogens (primary N) is 1. The number of aromatic hydroxyl groups is 1. The van der Waals surface area contributed by atoms with Gasteiger partial charge in [-0.15, -0.1) is 0 Å². The number of ether oxygens (including phenoxy) is 4. The molecule has 5 N–H and O–H groups in total. The second-order valence-electron chi connectivity index (χ2n) is 11.3. The Morgan fingerprint density at radius 3 is 2.67 bits per heavy atom. The number of nitrogens with zero attached hydrogens (tertiary/aromatic N) is 1. The molecule has 1 aromatic carbocycles. The first-order valence-electron chi connectivity index (χ1n) is 13.5. The first kappa shape index (κ1) is 27.4. The van der Waals surface area contributed by atoms with Gasteiger partial charge in [-0.1, -0.05) is 11.6 Å². The van der Waals surface area contributed by atoms with Gasteiger partial charge in [-0.3, -0.25) is 9.59 Å². The summed E-state index contributed by atoms with van der Waals surface area (Å²) in [6.45, 7) is 1.67. The number of phenols is 1. The number of hydrogen-bond donors (Lipinski definition) is 4. The van der Waals surface area contributed by atoms with Crippen LogP contribution in [0.25, 0.3) is 22.1 Å². The largest absolute Gasteiger partial charge is 0.507 e. The van der Waals surface area contributed by atoms with Crippen LogP contribution < -0.4 is 16.8 Å². The molecule has 0 saturated carbocycles. The number of halogens is 1. The summed E-state index contributed by atoms with van der Waals surface area (Å²) >= 11 is 6.58. The normalized spacial score (nSPS) is 28.1. The van der Waals surface area contributed by atoms with Gasteiger partial charge >= 0.3 is 0 Å². The zero-order valence-corrected chi connectivity index (χ0v) is 23.8. The van der Waals surface area contributed by atoms with Gasteiger partial charge in [-0.05, 0) is 18.6 Å². The third-order valence-electron chi connectivity index (χ3n) is 9.34. The number of phenolic OH excluding ortho intramolecular Hbond substituents is 1. The van der Waals surface area contributed by atoms with Crippen LogP contribution in [0.3, 0.4) is 0 Å². The van der Waals surface area contributed by atoms with Crippen LogP contribution in [0.4, 0.5) is 0 Å². The van der Waals surface area contributed by atoms with E-state index in [-0.39, 0.29) is 76.9 Å². The maximum Gasteiger partial charge on any atom is 0.280 e. The smallest absolute Gasteiger partial charge is 0.280 e. The molecule has 1 saturated heterocycles. The lowest BCUT2D eigenvalue weighted by molar-refractivity contribution is -0.193. The maximum absolute atomic E-state index is 14.1. The van der Waals surface area contributed by atoms with E-state index in [2.05, 4.69) is 0 Å². The van der Waals surface area contributed by atoms with Crippen molar-refractivity contribution < 1.29 is 38.7 Å². The number of aliphatic hydroxyl groups excluding tert-OH is 2. The van der Waals surface area contributed by atoms with Crippen molar-refractivity contribution in [2.24, 2.45) is 5.41 Å². The van der Waals surface area contributed by atoms with Crippen LogP contribution >= 0.6 is 11.6 Å². The summed E-state index contributed by atoms with van der Waals surface area (Å²) in [5, 5.41) is 34.8. The molecule has 3 aromatic rings. The number of methoxy groups -OCH3 is 2. The Kier molecular flexibility index (Phi) is 6.08. The highest BCUT2D eigenvalue weighted by Crippen LogP contribution is 2.58. The highest BCUT2D eigenvalue weighted by Gasteiger charge is 2.56.